The second-order valence-electron chi connectivity index (χ2n) is 6.48. The first-order valence-electron chi connectivity index (χ1n) is 9.55. The van der Waals surface area contributed by atoms with E-state index in [0.29, 0.717) is 23.1 Å². The number of thiocarbonyl (C=S) groups is 1. The Morgan fingerprint density at radius 3 is 2.74 bits per heavy atom. The molecule has 0 spiro atoms. The van der Waals surface area contributed by atoms with E-state index in [1.165, 1.54) is 17.7 Å². The number of esters is 1. The molecule has 0 radical (unpaired) electrons. The molecule has 27 heavy (non-hydrogen) atoms. The Morgan fingerprint density at radius 2 is 2.04 bits per heavy atom. The molecule has 1 aliphatic rings. The van der Waals surface area contributed by atoms with Crippen LogP contribution in [-0.2, 0) is 24.1 Å². The number of hydrogen-bond donors (Lipinski definition) is 2. The molecule has 2 aromatic rings. The van der Waals surface area contributed by atoms with Crippen LogP contribution in [0.25, 0.3) is 0 Å². The predicted molar refractivity (Wildman–Crippen MR) is 114 cm³/mol. The van der Waals surface area contributed by atoms with Gasteiger partial charge in [-0.25, -0.2) is 4.79 Å². The molecule has 3 rings (SSSR count). The maximum Gasteiger partial charge on any atom is 0.341 e. The number of anilines is 2. The highest BCUT2D eigenvalue weighted by atomic mass is 32.1. The fourth-order valence-corrected chi connectivity index (χ4v) is 4.83. The second-order valence-corrected chi connectivity index (χ2v) is 7.99. The molecule has 146 valence electrons. The van der Waals surface area contributed by atoms with Gasteiger partial charge < -0.3 is 15.4 Å². The first kappa shape index (κ1) is 19.8. The highest BCUT2D eigenvalue weighted by molar-refractivity contribution is 7.80. The molecule has 8 heteroatoms. The fourth-order valence-electron chi connectivity index (χ4n) is 3.28. The van der Waals surface area contributed by atoms with Gasteiger partial charge in [0.1, 0.15) is 5.00 Å². The van der Waals surface area contributed by atoms with Crippen molar-refractivity contribution in [3.63, 3.8) is 0 Å². The average Bonchev–Trinajstić information content (AvgIpc) is 3.19. The van der Waals surface area contributed by atoms with Gasteiger partial charge in [0.2, 0.25) is 0 Å². The van der Waals surface area contributed by atoms with Crippen LogP contribution in [0, 0.1) is 0 Å². The number of ether oxygens (including phenoxy) is 1. The highest BCUT2D eigenvalue weighted by Gasteiger charge is 2.25. The molecule has 1 aliphatic carbocycles. The number of nitrogens with one attached hydrogen (secondary N) is 2. The second kappa shape index (κ2) is 9.32. The van der Waals surface area contributed by atoms with Crippen LogP contribution in [0.2, 0.25) is 0 Å². The van der Waals surface area contributed by atoms with Crippen molar-refractivity contribution in [2.24, 2.45) is 0 Å². The van der Waals surface area contributed by atoms with Crippen molar-refractivity contribution in [3.05, 3.63) is 28.3 Å². The fraction of sp³-hybridized carbons (Fsp3) is 0.526. The van der Waals surface area contributed by atoms with Gasteiger partial charge in [0.05, 0.1) is 12.2 Å². The van der Waals surface area contributed by atoms with E-state index >= 15 is 0 Å². The Bertz CT molecular complexity index is 813. The first-order chi connectivity index (χ1) is 13.1. The van der Waals surface area contributed by atoms with E-state index in [0.717, 1.165) is 42.8 Å². The van der Waals surface area contributed by atoms with Crippen molar-refractivity contribution in [2.45, 2.75) is 58.9 Å². The van der Waals surface area contributed by atoms with Gasteiger partial charge in [0.25, 0.3) is 0 Å². The van der Waals surface area contributed by atoms with Crippen molar-refractivity contribution in [2.75, 3.05) is 17.2 Å². The molecule has 0 saturated heterocycles. The zero-order valence-corrected chi connectivity index (χ0v) is 17.5. The summed E-state index contributed by atoms with van der Waals surface area (Å²) in [4.78, 5) is 13.9. The van der Waals surface area contributed by atoms with Gasteiger partial charge >= 0.3 is 5.97 Å². The zero-order valence-electron chi connectivity index (χ0n) is 15.8. The van der Waals surface area contributed by atoms with Gasteiger partial charge in [0.15, 0.2) is 10.9 Å². The average molecular weight is 407 g/mol. The van der Waals surface area contributed by atoms with Crippen LogP contribution in [0.15, 0.2) is 12.3 Å². The highest BCUT2D eigenvalue weighted by Crippen LogP contribution is 2.37. The molecule has 0 bridgehead atoms. The van der Waals surface area contributed by atoms with Gasteiger partial charge in [-0.05, 0) is 57.3 Å². The largest absolute Gasteiger partial charge is 0.462 e. The lowest BCUT2D eigenvalue weighted by Gasteiger charge is -2.12. The molecule has 2 N–H and O–H groups in total. The number of carbonyl (C=O) groups excluding carboxylic acids is 1. The molecule has 0 unspecified atom stereocenters. The van der Waals surface area contributed by atoms with E-state index in [1.54, 1.807) is 11.3 Å². The van der Waals surface area contributed by atoms with E-state index in [9.17, 15) is 4.79 Å². The van der Waals surface area contributed by atoms with Gasteiger partial charge in [0, 0.05) is 23.7 Å². The Hall–Kier alpha value is -1.93. The molecule has 2 heterocycles. The van der Waals surface area contributed by atoms with E-state index in [-0.39, 0.29) is 5.97 Å². The van der Waals surface area contributed by atoms with Crippen LogP contribution >= 0.6 is 23.6 Å². The molecule has 0 fully saturated rings. The summed E-state index contributed by atoms with van der Waals surface area (Å²) in [6, 6.07) is 1.87. The maximum atomic E-state index is 12.6. The lowest BCUT2D eigenvalue weighted by Crippen LogP contribution is -2.21. The molecular weight excluding hydrogens is 380 g/mol. The number of aromatic nitrogens is 2. The molecule has 0 amide bonds. The Morgan fingerprint density at radius 1 is 1.26 bits per heavy atom. The monoisotopic (exact) mass is 406 g/mol. The number of thiophene rings is 1. The summed E-state index contributed by atoms with van der Waals surface area (Å²) in [7, 11) is 0. The van der Waals surface area contributed by atoms with Gasteiger partial charge in [-0.2, -0.15) is 5.10 Å². The number of carbonyl (C=O) groups is 1. The predicted octanol–water partition coefficient (Wildman–Crippen LogP) is 4.61. The lowest BCUT2D eigenvalue weighted by molar-refractivity contribution is 0.0526. The van der Waals surface area contributed by atoms with Crippen LogP contribution in [0.4, 0.5) is 10.8 Å². The van der Waals surface area contributed by atoms with Gasteiger partial charge in [-0.3, -0.25) is 4.68 Å². The van der Waals surface area contributed by atoms with Crippen molar-refractivity contribution >= 4 is 45.5 Å². The third-order valence-corrected chi connectivity index (χ3v) is 6.00. The minimum atomic E-state index is -0.267. The van der Waals surface area contributed by atoms with Crippen molar-refractivity contribution in [3.8, 4) is 0 Å². The van der Waals surface area contributed by atoms with Crippen LogP contribution < -0.4 is 10.6 Å². The minimum Gasteiger partial charge on any atom is -0.462 e. The number of fused-ring (bicyclic) bond motifs is 1. The van der Waals surface area contributed by atoms with Crippen LogP contribution in [0.5, 0.6) is 0 Å². The van der Waals surface area contributed by atoms with Crippen LogP contribution in [0.3, 0.4) is 0 Å². The van der Waals surface area contributed by atoms with Crippen LogP contribution in [0.1, 0.15) is 60.3 Å². The first-order valence-corrected chi connectivity index (χ1v) is 10.8. The summed E-state index contributed by atoms with van der Waals surface area (Å²) in [6.45, 7) is 5.02. The SMILES string of the molecule is CCOC(=O)c1c(NC(=S)Nc2ccn(CC)n2)sc2c1CCCCCC2. The number of nitrogens with zero attached hydrogens (tertiary/aromatic N) is 2. The molecule has 0 aliphatic heterocycles. The number of hydrogen-bond acceptors (Lipinski definition) is 5. The molecular formula is C19H26N4O2S2. The third-order valence-electron chi connectivity index (χ3n) is 4.58. The molecule has 0 atom stereocenters. The maximum absolute atomic E-state index is 12.6. The van der Waals surface area contributed by atoms with Crippen molar-refractivity contribution in [1.29, 1.82) is 0 Å². The summed E-state index contributed by atoms with van der Waals surface area (Å²) in [6.07, 6.45) is 8.54. The minimum absolute atomic E-state index is 0.267. The van der Waals surface area contributed by atoms with Gasteiger partial charge in [-0.1, -0.05) is 12.8 Å². The number of rotatable bonds is 5. The third kappa shape index (κ3) is 4.87. The van der Waals surface area contributed by atoms with Crippen molar-refractivity contribution in [1.82, 2.24) is 9.78 Å². The van der Waals surface area contributed by atoms with E-state index in [4.69, 9.17) is 17.0 Å². The Kier molecular flexibility index (Phi) is 6.84. The number of aryl methyl sites for hydroxylation is 2. The van der Waals surface area contributed by atoms with Crippen molar-refractivity contribution < 1.29 is 9.53 Å². The van der Waals surface area contributed by atoms with E-state index in [2.05, 4.69) is 15.7 Å². The molecule has 2 aromatic heterocycles. The summed E-state index contributed by atoms with van der Waals surface area (Å²) in [5.74, 6) is 0.415. The van der Waals surface area contributed by atoms with E-state index < -0.39 is 0 Å². The van der Waals surface area contributed by atoms with Crippen LogP contribution in [-0.4, -0.2) is 27.5 Å². The smallest absolute Gasteiger partial charge is 0.341 e. The summed E-state index contributed by atoms with van der Waals surface area (Å²) in [5.41, 5.74) is 1.79. The Balaban J connectivity index is 1.83. The zero-order chi connectivity index (χ0) is 19.2. The standard InChI is InChI=1S/C19H26N4O2S2/c1-3-23-12-11-15(22-23)20-19(26)21-17-16(18(24)25-4-2)13-9-7-5-6-8-10-14(13)27-17/h11-12H,3-10H2,1-2H3,(H2,20,21,22,26). The lowest BCUT2D eigenvalue weighted by atomic mass is 9.96. The van der Waals surface area contributed by atoms with E-state index in [1.807, 2.05) is 30.8 Å². The summed E-state index contributed by atoms with van der Waals surface area (Å²) in [5, 5.41) is 11.9. The molecule has 6 nitrogen and oxygen atoms in total. The normalized spacial score (nSPS) is 14.0. The Labute approximate surface area is 169 Å². The van der Waals surface area contributed by atoms with Gasteiger partial charge in [-0.15, -0.1) is 11.3 Å². The molecule has 0 saturated carbocycles. The summed E-state index contributed by atoms with van der Waals surface area (Å²) < 4.78 is 7.16. The summed E-state index contributed by atoms with van der Waals surface area (Å²) >= 11 is 7.07. The topological polar surface area (TPSA) is 68.2 Å². The quantitative estimate of drug-likeness (QED) is 0.558. The molecule has 0 aromatic carbocycles.